The van der Waals surface area contributed by atoms with Gasteiger partial charge in [-0.05, 0) is 63.0 Å². The van der Waals surface area contributed by atoms with E-state index in [-0.39, 0.29) is 0 Å². The standard InChI is InChI=1S/C15H21N3/c1-12-8-13(9-16)5-6-15(12)17-10-14-4-3-7-18(2)11-14/h5-6,8,14,17H,3-4,7,10-11H2,1-2H3. The first-order chi connectivity index (χ1) is 8.69. The van der Waals surface area contributed by atoms with Crippen molar-refractivity contribution in [1.82, 2.24) is 4.90 Å². The normalized spacial score (nSPS) is 20.4. The van der Waals surface area contributed by atoms with Crippen LogP contribution in [0.3, 0.4) is 0 Å². The Morgan fingerprint density at radius 2 is 2.33 bits per heavy atom. The van der Waals surface area contributed by atoms with Gasteiger partial charge in [-0.1, -0.05) is 0 Å². The highest BCUT2D eigenvalue weighted by Gasteiger charge is 2.16. The molecule has 1 fully saturated rings. The summed E-state index contributed by atoms with van der Waals surface area (Å²) in [5, 5.41) is 12.4. The molecule has 1 saturated heterocycles. The van der Waals surface area contributed by atoms with Gasteiger partial charge in [0.2, 0.25) is 0 Å². The largest absolute Gasteiger partial charge is 0.385 e. The molecule has 0 aromatic heterocycles. The van der Waals surface area contributed by atoms with Gasteiger partial charge in [0, 0.05) is 18.8 Å². The molecule has 18 heavy (non-hydrogen) atoms. The van der Waals surface area contributed by atoms with Crippen molar-refractivity contribution in [2.24, 2.45) is 5.92 Å². The lowest BCUT2D eigenvalue weighted by atomic mass is 9.98. The summed E-state index contributed by atoms with van der Waals surface area (Å²) in [6.07, 6.45) is 2.61. The van der Waals surface area contributed by atoms with Crippen LogP contribution in [-0.4, -0.2) is 31.6 Å². The Morgan fingerprint density at radius 3 is 3.00 bits per heavy atom. The molecule has 0 saturated carbocycles. The minimum atomic E-state index is 0.732. The first kappa shape index (κ1) is 12.9. The van der Waals surface area contributed by atoms with Crippen LogP contribution < -0.4 is 5.32 Å². The number of likely N-dealkylation sites (tertiary alicyclic amines) is 1. The molecular formula is C15H21N3. The van der Waals surface area contributed by atoms with E-state index in [4.69, 9.17) is 5.26 Å². The van der Waals surface area contributed by atoms with Gasteiger partial charge in [-0.15, -0.1) is 0 Å². The summed E-state index contributed by atoms with van der Waals surface area (Å²) in [4.78, 5) is 2.40. The smallest absolute Gasteiger partial charge is 0.0991 e. The Kier molecular flexibility index (Phi) is 4.22. The predicted octanol–water partition coefficient (Wildman–Crippen LogP) is 2.62. The Morgan fingerprint density at radius 1 is 1.50 bits per heavy atom. The van der Waals surface area contributed by atoms with E-state index < -0.39 is 0 Å². The summed E-state index contributed by atoms with van der Waals surface area (Å²) < 4.78 is 0. The van der Waals surface area contributed by atoms with Gasteiger partial charge in [-0.25, -0.2) is 0 Å². The molecule has 1 unspecified atom stereocenters. The number of hydrogen-bond donors (Lipinski definition) is 1. The van der Waals surface area contributed by atoms with Gasteiger partial charge in [0.05, 0.1) is 11.6 Å². The molecule has 0 amide bonds. The lowest BCUT2D eigenvalue weighted by molar-refractivity contribution is 0.217. The Bertz CT molecular complexity index is 448. The first-order valence-corrected chi connectivity index (χ1v) is 6.62. The van der Waals surface area contributed by atoms with E-state index in [0.29, 0.717) is 0 Å². The number of nitrogens with zero attached hydrogens (tertiary/aromatic N) is 2. The maximum absolute atomic E-state index is 8.84. The van der Waals surface area contributed by atoms with Gasteiger partial charge < -0.3 is 10.2 Å². The minimum absolute atomic E-state index is 0.732. The van der Waals surface area contributed by atoms with E-state index in [1.807, 2.05) is 18.2 Å². The van der Waals surface area contributed by atoms with Gasteiger partial charge in [0.25, 0.3) is 0 Å². The van der Waals surface area contributed by atoms with Crippen molar-refractivity contribution < 1.29 is 0 Å². The van der Waals surface area contributed by atoms with Gasteiger partial charge >= 0.3 is 0 Å². The number of rotatable bonds is 3. The molecule has 3 heteroatoms. The van der Waals surface area contributed by atoms with Crippen LogP contribution in [0.15, 0.2) is 18.2 Å². The van der Waals surface area contributed by atoms with Crippen molar-refractivity contribution in [3.05, 3.63) is 29.3 Å². The van der Waals surface area contributed by atoms with Crippen molar-refractivity contribution in [2.75, 3.05) is 32.0 Å². The van der Waals surface area contributed by atoms with Crippen LogP contribution in [0.1, 0.15) is 24.0 Å². The monoisotopic (exact) mass is 243 g/mol. The summed E-state index contributed by atoms with van der Waals surface area (Å²) in [6, 6.07) is 8.00. The molecular weight excluding hydrogens is 222 g/mol. The minimum Gasteiger partial charge on any atom is -0.385 e. The van der Waals surface area contributed by atoms with Gasteiger partial charge in [-0.2, -0.15) is 5.26 Å². The highest BCUT2D eigenvalue weighted by atomic mass is 15.1. The number of piperidine rings is 1. The molecule has 1 atom stereocenters. The van der Waals surface area contributed by atoms with Crippen LogP contribution in [0.4, 0.5) is 5.69 Å². The molecule has 1 aromatic carbocycles. The average Bonchev–Trinajstić information content (AvgIpc) is 2.37. The molecule has 0 radical (unpaired) electrons. The Hall–Kier alpha value is -1.53. The van der Waals surface area contributed by atoms with Gasteiger partial charge in [0.1, 0.15) is 0 Å². The predicted molar refractivity (Wildman–Crippen MR) is 74.6 cm³/mol. The quantitative estimate of drug-likeness (QED) is 0.887. The van der Waals surface area contributed by atoms with Crippen LogP contribution in [0.5, 0.6) is 0 Å². The highest BCUT2D eigenvalue weighted by Crippen LogP contribution is 2.19. The second-order valence-electron chi connectivity index (χ2n) is 5.29. The van der Waals surface area contributed by atoms with Crippen molar-refractivity contribution in [3.63, 3.8) is 0 Å². The molecule has 96 valence electrons. The third-order valence-electron chi connectivity index (χ3n) is 3.66. The second-order valence-corrected chi connectivity index (χ2v) is 5.29. The summed E-state index contributed by atoms with van der Waals surface area (Å²) >= 11 is 0. The van der Waals surface area contributed by atoms with Crippen LogP contribution >= 0.6 is 0 Å². The SMILES string of the molecule is Cc1cc(C#N)ccc1NCC1CCCN(C)C1. The maximum Gasteiger partial charge on any atom is 0.0991 e. The molecule has 0 bridgehead atoms. The van der Waals surface area contributed by atoms with Crippen molar-refractivity contribution in [3.8, 4) is 6.07 Å². The van der Waals surface area contributed by atoms with E-state index in [1.165, 1.54) is 25.9 Å². The van der Waals surface area contributed by atoms with E-state index in [1.54, 1.807) is 0 Å². The van der Waals surface area contributed by atoms with Crippen molar-refractivity contribution in [1.29, 1.82) is 5.26 Å². The average molecular weight is 243 g/mol. The maximum atomic E-state index is 8.84. The number of aryl methyl sites for hydroxylation is 1. The Balaban J connectivity index is 1.92. The number of nitriles is 1. The third-order valence-corrected chi connectivity index (χ3v) is 3.66. The van der Waals surface area contributed by atoms with Crippen LogP contribution in [0.2, 0.25) is 0 Å². The zero-order valence-corrected chi connectivity index (χ0v) is 11.2. The van der Waals surface area contributed by atoms with Gasteiger partial charge in [-0.3, -0.25) is 0 Å². The third kappa shape index (κ3) is 3.24. The van der Waals surface area contributed by atoms with Gasteiger partial charge in [0.15, 0.2) is 0 Å². The molecule has 1 aromatic rings. The molecule has 0 spiro atoms. The lowest BCUT2D eigenvalue weighted by Gasteiger charge is -2.30. The highest BCUT2D eigenvalue weighted by molar-refractivity contribution is 5.54. The van der Waals surface area contributed by atoms with E-state index in [2.05, 4.69) is 30.3 Å². The summed E-state index contributed by atoms with van der Waals surface area (Å²) in [5.41, 5.74) is 3.04. The lowest BCUT2D eigenvalue weighted by Crippen LogP contribution is -2.35. The zero-order chi connectivity index (χ0) is 13.0. The topological polar surface area (TPSA) is 39.1 Å². The molecule has 2 rings (SSSR count). The fraction of sp³-hybridized carbons (Fsp3) is 0.533. The molecule has 3 nitrogen and oxygen atoms in total. The molecule has 1 aliphatic heterocycles. The number of nitrogens with one attached hydrogen (secondary N) is 1. The summed E-state index contributed by atoms with van der Waals surface area (Å²) in [7, 11) is 2.19. The Labute approximate surface area is 109 Å². The van der Waals surface area contributed by atoms with Crippen molar-refractivity contribution in [2.45, 2.75) is 19.8 Å². The second kappa shape index (κ2) is 5.88. The zero-order valence-electron chi connectivity index (χ0n) is 11.2. The fourth-order valence-corrected chi connectivity index (χ4v) is 2.63. The van der Waals surface area contributed by atoms with E-state index in [0.717, 1.165) is 29.3 Å². The summed E-state index contributed by atoms with van der Waals surface area (Å²) in [5.74, 6) is 0.735. The first-order valence-electron chi connectivity index (χ1n) is 6.62. The number of hydrogen-bond acceptors (Lipinski definition) is 3. The number of benzene rings is 1. The summed E-state index contributed by atoms with van der Waals surface area (Å²) in [6.45, 7) is 5.49. The molecule has 1 aliphatic rings. The van der Waals surface area contributed by atoms with Crippen molar-refractivity contribution >= 4 is 5.69 Å². The fourth-order valence-electron chi connectivity index (χ4n) is 2.63. The van der Waals surface area contributed by atoms with Crippen LogP contribution in [-0.2, 0) is 0 Å². The van der Waals surface area contributed by atoms with Crippen LogP contribution in [0, 0.1) is 24.2 Å². The molecule has 0 aliphatic carbocycles. The molecule has 1 heterocycles. The molecule has 1 N–H and O–H groups in total. The van der Waals surface area contributed by atoms with E-state index >= 15 is 0 Å². The van der Waals surface area contributed by atoms with Crippen LogP contribution in [0.25, 0.3) is 0 Å². The number of anilines is 1. The van der Waals surface area contributed by atoms with E-state index in [9.17, 15) is 0 Å².